The lowest BCUT2D eigenvalue weighted by atomic mass is 9.98. The molecule has 0 fully saturated rings. The van der Waals surface area contributed by atoms with E-state index in [0.29, 0.717) is 12.2 Å². The maximum atomic E-state index is 12.5. The van der Waals surface area contributed by atoms with Crippen molar-refractivity contribution in [3.63, 3.8) is 0 Å². The Hall–Kier alpha value is -2.01. The number of para-hydroxylation sites is 1. The van der Waals surface area contributed by atoms with Crippen LogP contribution in [0.5, 0.6) is 5.75 Å². The number of halogens is 3. The van der Waals surface area contributed by atoms with E-state index in [9.17, 15) is 13.2 Å². The molecule has 21 heavy (non-hydrogen) atoms. The van der Waals surface area contributed by atoms with Gasteiger partial charge in [-0.2, -0.15) is 13.2 Å². The van der Waals surface area contributed by atoms with E-state index in [4.69, 9.17) is 10.5 Å². The first-order chi connectivity index (χ1) is 9.91. The fourth-order valence-corrected chi connectivity index (χ4v) is 2.17. The van der Waals surface area contributed by atoms with Crippen LogP contribution in [0.1, 0.15) is 22.7 Å². The predicted octanol–water partition coefficient (Wildman–Crippen LogP) is 3.96. The van der Waals surface area contributed by atoms with E-state index in [1.165, 1.54) is 12.1 Å². The van der Waals surface area contributed by atoms with Gasteiger partial charge in [0.15, 0.2) is 0 Å². The van der Waals surface area contributed by atoms with Crippen molar-refractivity contribution in [2.24, 2.45) is 5.73 Å². The second-order valence-corrected chi connectivity index (χ2v) is 4.75. The molecule has 0 radical (unpaired) electrons. The van der Waals surface area contributed by atoms with Gasteiger partial charge in [-0.25, -0.2) is 0 Å². The SMILES string of the molecule is COc1ccccc1C(N)Cc1ccc(C(F)(F)F)cc1. The van der Waals surface area contributed by atoms with Crippen LogP contribution in [0.3, 0.4) is 0 Å². The van der Waals surface area contributed by atoms with Gasteiger partial charge in [-0.05, 0) is 30.2 Å². The van der Waals surface area contributed by atoms with Crippen LogP contribution < -0.4 is 10.5 Å². The van der Waals surface area contributed by atoms with Gasteiger partial charge in [0.1, 0.15) is 5.75 Å². The van der Waals surface area contributed by atoms with Crippen LogP contribution >= 0.6 is 0 Å². The molecule has 0 heterocycles. The number of nitrogens with two attached hydrogens (primary N) is 1. The normalized spacial score (nSPS) is 13.0. The quantitative estimate of drug-likeness (QED) is 0.926. The van der Waals surface area contributed by atoms with Crippen LogP contribution in [0.2, 0.25) is 0 Å². The third-order valence-electron chi connectivity index (χ3n) is 3.28. The first-order valence-corrected chi connectivity index (χ1v) is 6.46. The molecule has 2 N–H and O–H groups in total. The summed E-state index contributed by atoms with van der Waals surface area (Å²) < 4.78 is 42.8. The fraction of sp³-hybridized carbons (Fsp3) is 0.250. The molecule has 0 bridgehead atoms. The Morgan fingerprint density at radius 2 is 1.67 bits per heavy atom. The van der Waals surface area contributed by atoms with Gasteiger partial charge in [-0.1, -0.05) is 30.3 Å². The highest BCUT2D eigenvalue weighted by atomic mass is 19.4. The van der Waals surface area contributed by atoms with E-state index in [-0.39, 0.29) is 6.04 Å². The van der Waals surface area contributed by atoms with E-state index < -0.39 is 11.7 Å². The van der Waals surface area contributed by atoms with Crippen molar-refractivity contribution in [3.05, 3.63) is 65.2 Å². The molecule has 1 atom stereocenters. The molecule has 2 rings (SSSR count). The summed E-state index contributed by atoms with van der Waals surface area (Å²) in [6.07, 6.45) is -3.87. The molecule has 0 aromatic heterocycles. The molecular formula is C16H16F3NO. The standard InChI is InChI=1S/C16H16F3NO/c1-21-15-5-3-2-4-13(15)14(20)10-11-6-8-12(9-7-11)16(17,18)19/h2-9,14H,10,20H2,1H3. The zero-order valence-electron chi connectivity index (χ0n) is 11.5. The largest absolute Gasteiger partial charge is 0.496 e. The number of benzene rings is 2. The maximum absolute atomic E-state index is 12.5. The summed E-state index contributed by atoms with van der Waals surface area (Å²) in [5.41, 5.74) is 7.05. The summed E-state index contributed by atoms with van der Waals surface area (Å²) in [7, 11) is 1.56. The van der Waals surface area contributed by atoms with Crippen molar-refractivity contribution < 1.29 is 17.9 Å². The number of hydrogen-bond acceptors (Lipinski definition) is 2. The molecule has 5 heteroatoms. The molecule has 1 unspecified atom stereocenters. The first-order valence-electron chi connectivity index (χ1n) is 6.46. The van der Waals surface area contributed by atoms with Gasteiger partial charge in [0.05, 0.1) is 12.7 Å². The molecule has 0 spiro atoms. The van der Waals surface area contributed by atoms with Gasteiger partial charge in [-0.15, -0.1) is 0 Å². The molecule has 2 aromatic carbocycles. The van der Waals surface area contributed by atoms with Gasteiger partial charge >= 0.3 is 6.18 Å². The third-order valence-corrected chi connectivity index (χ3v) is 3.28. The minimum atomic E-state index is -4.32. The predicted molar refractivity (Wildman–Crippen MR) is 75.1 cm³/mol. The number of rotatable bonds is 4. The Bertz CT molecular complexity index is 593. The number of alkyl halides is 3. The van der Waals surface area contributed by atoms with Crippen LogP contribution in [-0.4, -0.2) is 7.11 Å². The summed E-state index contributed by atoms with van der Waals surface area (Å²) in [5, 5.41) is 0. The van der Waals surface area contributed by atoms with E-state index in [1.807, 2.05) is 24.3 Å². The number of ether oxygens (including phenoxy) is 1. The lowest BCUT2D eigenvalue weighted by Gasteiger charge is -2.16. The van der Waals surface area contributed by atoms with Crippen LogP contribution in [0, 0.1) is 0 Å². The van der Waals surface area contributed by atoms with Crippen molar-refractivity contribution >= 4 is 0 Å². The topological polar surface area (TPSA) is 35.2 Å². The minimum absolute atomic E-state index is 0.335. The van der Waals surface area contributed by atoms with Crippen molar-refractivity contribution in [2.75, 3.05) is 7.11 Å². The van der Waals surface area contributed by atoms with Gasteiger partial charge in [0.2, 0.25) is 0 Å². The van der Waals surface area contributed by atoms with Crippen molar-refractivity contribution in [2.45, 2.75) is 18.6 Å². The smallest absolute Gasteiger partial charge is 0.416 e. The van der Waals surface area contributed by atoms with E-state index in [0.717, 1.165) is 23.3 Å². The number of methoxy groups -OCH3 is 1. The van der Waals surface area contributed by atoms with Crippen molar-refractivity contribution in [1.82, 2.24) is 0 Å². The molecule has 112 valence electrons. The van der Waals surface area contributed by atoms with E-state index in [1.54, 1.807) is 7.11 Å². The monoisotopic (exact) mass is 295 g/mol. The highest BCUT2D eigenvalue weighted by Gasteiger charge is 2.30. The van der Waals surface area contributed by atoms with Crippen molar-refractivity contribution in [3.8, 4) is 5.75 Å². The first kappa shape index (κ1) is 15.4. The van der Waals surface area contributed by atoms with Crippen LogP contribution in [0.4, 0.5) is 13.2 Å². The van der Waals surface area contributed by atoms with Crippen LogP contribution in [0.15, 0.2) is 48.5 Å². The Labute approximate surface area is 121 Å². The van der Waals surface area contributed by atoms with E-state index in [2.05, 4.69) is 0 Å². The molecule has 0 saturated carbocycles. The average molecular weight is 295 g/mol. The Balaban J connectivity index is 2.14. The zero-order chi connectivity index (χ0) is 15.5. The molecule has 0 aliphatic heterocycles. The Morgan fingerprint density at radius 1 is 1.05 bits per heavy atom. The number of hydrogen-bond donors (Lipinski definition) is 1. The van der Waals surface area contributed by atoms with Gasteiger partial charge in [0, 0.05) is 11.6 Å². The molecule has 0 saturated heterocycles. The van der Waals surface area contributed by atoms with Gasteiger partial charge < -0.3 is 10.5 Å². The van der Waals surface area contributed by atoms with Gasteiger partial charge in [0.25, 0.3) is 0 Å². The van der Waals surface area contributed by atoms with Crippen molar-refractivity contribution in [1.29, 1.82) is 0 Å². The maximum Gasteiger partial charge on any atom is 0.416 e. The Morgan fingerprint density at radius 3 is 2.24 bits per heavy atom. The van der Waals surface area contributed by atoms with Crippen LogP contribution in [-0.2, 0) is 12.6 Å². The Kier molecular flexibility index (Phi) is 4.53. The second-order valence-electron chi connectivity index (χ2n) is 4.75. The summed E-state index contributed by atoms with van der Waals surface area (Å²) >= 11 is 0. The molecule has 0 aliphatic carbocycles. The summed E-state index contributed by atoms with van der Waals surface area (Å²) in [4.78, 5) is 0. The summed E-state index contributed by atoms with van der Waals surface area (Å²) in [5.74, 6) is 0.678. The average Bonchev–Trinajstić information content (AvgIpc) is 2.46. The lowest BCUT2D eigenvalue weighted by molar-refractivity contribution is -0.137. The molecule has 2 aromatic rings. The van der Waals surface area contributed by atoms with Gasteiger partial charge in [-0.3, -0.25) is 0 Å². The highest BCUT2D eigenvalue weighted by molar-refractivity contribution is 5.37. The summed E-state index contributed by atoms with van der Waals surface area (Å²) in [6.45, 7) is 0. The van der Waals surface area contributed by atoms with Crippen LogP contribution in [0.25, 0.3) is 0 Å². The zero-order valence-corrected chi connectivity index (χ0v) is 11.5. The third kappa shape index (κ3) is 3.76. The fourth-order valence-electron chi connectivity index (χ4n) is 2.17. The lowest BCUT2D eigenvalue weighted by Crippen LogP contribution is -2.14. The highest BCUT2D eigenvalue weighted by Crippen LogP contribution is 2.30. The second kappa shape index (κ2) is 6.18. The molecular weight excluding hydrogens is 279 g/mol. The minimum Gasteiger partial charge on any atom is -0.496 e. The van der Waals surface area contributed by atoms with E-state index >= 15 is 0 Å². The molecule has 0 aliphatic rings. The summed E-state index contributed by atoms with van der Waals surface area (Å²) in [6, 6.07) is 12.1. The molecule has 2 nitrogen and oxygen atoms in total. The molecule has 0 amide bonds.